The molecule has 2 aromatic rings. The van der Waals surface area contributed by atoms with Gasteiger partial charge in [-0.05, 0) is 41.3 Å². The predicted octanol–water partition coefficient (Wildman–Crippen LogP) is 5.37. The molecule has 0 fully saturated rings. The Bertz CT molecular complexity index is 644. The Labute approximate surface area is 128 Å². The van der Waals surface area contributed by atoms with E-state index in [1.165, 1.54) is 5.56 Å². The number of halogens is 1. The molecule has 0 aromatic heterocycles. The lowest BCUT2D eigenvalue weighted by Gasteiger charge is -2.11. The lowest BCUT2D eigenvalue weighted by atomic mass is 10.0. The molecule has 0 spiro atoms. The maximum absolute atomic E-state index is 9.21. The second-order valence-electron chi connectivity index (χ2n) is 4.91. The SMILES string of the molecule is CC(C)c1cccc(Oc2ccc(CBr)cc2C#N)c1. The monoisotopic (exact) mass is 329 g/mol. The Hall–Kier alpha value is -1.79. The van der Waals surface area contributed by atoms with Crippen LogP contribution in [0.1, 0.15) is 36.5 Å². The summed E-state index contributed by atoms with van der Waals surface area (Å²) >= 11 is 3.39. The normalized spacial score (nSPS) is 10.3. The molecule has 0 saturated carbocycles. The minimum absolute atomic E-state index is 0.449. The van der Waals surface area contributed by atoms with Crippen LogP contribution in [0.25, 0.3) is 0 Å². The van der Waals surface area contributed by atoms with E-state index < -0.39 is 0 Å². The van der Waals surface area contributed by atoms with Crippen LogP contribution in [0.5, 0.6) is 11.5 Å². The van der Waals surface area contributed by atoms with E-state index >= 15 is 0 Å². The highest BCUT2D eigenvalue weighted by Gasteiger charge is 2.07. The number of nitrogens with zero attached hydrogens (tertiary/aromatic N) is 1. The van der Waals surface area contributed by atoms with Gasteiger partial charge in [0, 0.05) is 5.33 Å². The number of alkyl halides is 1. The summed E-state index contributed by atoms with van der Waals surface area (Å²) in [5.41, 5.74) is 2.83. The quantitative estimate of drug-likeness (QED) is 0.706. The molecule has 0 radical (unpaired) electrons. The van der Waals surface area contributed by atoms with Gasteiger partial charge >= 0.3 is 0 Å². The largest absolute Gasteiger partial charge is 0.456 e. The zero-order valence-electron chi connectivity index (χ0n) is 11.6. The number of hydrogen-bond acceptors (Lipinski definition) is 2. The number of hydrogen-bond donors (Lipinski definition) is 0. The van der Waals surface area contributed by atoms with Gasteiger partial charge in [-0.25, -0.2) is 0 Å². The van der Waals surface area contributed by atoms with Crippen molar-refractivity contribution in [2.45, 2.75) is 25.1 Å². The van der Waals surface area contributed by atoms with Gasteiger partial charge in [0.15, 0.2) is 0 Å². The van der Waals surface area contributed by atoms with Crippen molar-refractivity contribution in [2.24, 2.45) is 0 Å². The summed E-state index contributed by atoms with van der Waals surface area (Å²) in [6.07, 6.45) is 0. The fraction of sp³-hybridized carbons (Fsp3) is 0.235. The van der Waals surface area contributed by atoms with Crippen LogP contribution in [0.3, 0.4) is 0 Å². The molecule has 0 atom stereocenters. The molecule has 2 rings (SSSR count). The fourth-order valence-corrected chi connectivity index (χ4v) is 2.25. The average molecular weight is 330 g/mol. The van der Waals surface area contributed by atoms with Gasteiger partial charge in [-0.2, -0.15) is 5.26 Å². The van der Waals surface area contributed by atoms with Crippen LogP contribution in [0.2, 0.25) is 0 Å². The molecule has 0 amide bonds. The molecule has 0 N–H and O–H groups in total. The van der Waals surface area contributed by atoms with E-state index in [0.717, 1.165) is 16.6 Å². The second kappa shape index (κ2) is 6.58. The van der Waals surface area contributed by atoms with E-state index in [0.29, 0.717) is 17.2 Å². The Morgan fingerprint density at radius 3 is 2.65 bits per heavy atom. The second-order valence-corrected chi connectivity index (χ2v) is 5.47. The standard InChI is InChI=1S/C17H16BrNO/c1-12(2)14-4-3-5-16(9-14)20-17-7-6-13(10-18)8-15(17)11-19/h3-9,12H,10H2,1-2H3. The van der Waals surface area contributed by atoms with Gasteiger partial charge in [0.05, 0.1) is 5.56 Å². The zero-order valence-corrected chi connectivity index (χ0v) is 13.1. The first-order valence-electron chi connectivity index (χ1n) is 6.51. The van der Waals surface area contributed by atoms with Gasteiger partial charge in [0.25, 0.3) is 0 Å². The molecular weight excluding hydrogens is 314 g/mol. The highest BCUT2D eigenvalue weighted by molar-refractivity contribution is 9.08. The summed E-state index contributed by atoms with van der Waals surface area (Å²) in [5, 5.41) is 9.94. The van der Waals surface area contributed by atoms with Crippen molar-refractivity contribution in [3.8, 4) is 17.6 Å². The van der Waals surface area contributed by atoms with Gasteiger partial charge in [-0.1, -0.05) is 48.0 Å². The molecule has 0 aliphatic carbocycles. The Morgan fingerprint density at radius 1 is 1.20 bits per heavy atom. The highest BCUT2D eigenvalue weighted by Crippen LogP contribution is 2.28. The van der Waals surface area contributed by atoms with E-state index in [-0.39, 0.29) is 0 Å². The molecular formula is C17H16BrNO. The third kappa shape index (κ3) is 3.40. The van der Waals surface area contributed by atoms with E-state index in [2.05, 4.69) is 41.9 Å². The third-order valence-electron chi connectivity index (χ3n) is 3.07. The molecule has 2 nitrogen and oxygen atoms in total. The summed E-state index contributed by atoms with van der Waals surface area (Å²) in [6.45, 7) is 4.29. The molecule has 20 heavy (non-hydrogen) atoms. The van der Waals surface area contributed by atoms with Crippen molar-refractivity contribution in [1.82, 2.24) is 0 Å². The molecule has 0 aliphatic heterocycles. The van der Waals surface area contributed by atoms with Crippen LogP contribution in [0, 0.1) is 11.3 Å². The van der Waals surface area contributed by atoms with Crippen LogP contribution >= 0.6 is 15.9 Å². The first-order valence-corrected chi connectivity index (χ1v) is 7.63. The minimum Gasteiger partial charge on any atom is -0.456 e. The van der Waals surface area contributed by atoms with E-state index in [1.54, 1.807) is 0 Å². The first kappa shape index (κ1) is 14.6. The van der Waals surface area contributed by atoms with E-state index in [4.69, 9.17) is 4.74 Å². The van der Waals surface area contributed by atoms with Crippen molar-refractivity contribution in [3.63, 3.8) is 0 Å². The van der Waals surface area contributed by atoms with Gasteiger partial charge in [0.2, 0.25) is 0 Å². The molecule has 0 saturated heterocycles. The molecule has 0 unspecified atom stereocenters. The summed E-state index contributed by atoms with van der Waals surface area (Å²) in [5.74, 6) is 1.81. The third-order valence-corrected chi connectivity index (χ3v) is 3.72. The zero-order chi connectivity index (χ0) is 14.5. The maximum Gasteiger partial charge on any atom is 0.145 e. The number of nitriles is 1. The summed E-state index contributed by atoms with van der Waals surface area (Å²) < 4.78 is 5.85. The van der Waals surface area contributed by atoms with Crippen molar-refractivity contribution in [2.75, 3.05) is 0 Å². The van der Waals surface area contributed by atoms with Crippen molar-refractivity contribution in [3.05, 3.63) is 59.2 Å². The molecule has 0 heterocycles. The van der Waals surface area contributed by atoms with E-state index in [9.17, 15) is 5.26 Å². The Morgan fingerprint density at radius 2 is 2.00 bits per heavy atom. The smallest absolute Gasteiger partial charge is 0.145 e. The van der Waals surface area contributed by atoms with Gasteiger partial charge < -0.3 is 4.74 Å². The summed E-state index contributed by atoms with van der Waals surface area (Å²) in [6, 6.07) is 15.8. The van der Waals surface area contributed by atoms with Gasteiger partial charge in [0.1, 0.15) is 17.6 Å². The Kier molecular flexibility index (Phi) is 4.81. The molecule has 2 aromatic carbocycles. The summed E-state index contributed by atoms with van der Waals surface area (Å²) in [7, 11) is 0. The first-order chi connectivity index (χ1) is 9.63. The van der Waals surface area contributed by atoms with Crippen LogP contribution in [0.4, 0.5) is 0 Å². The number of ether oxygens (including phenoxy) is 1. The van der Waals surface area contributed by atoms with Gasteiger partial charge in [-0.15, -0.1) is 0 Å². The molecule has 102 valence electrons. The van der Waals surface area contributed by atoms with Crippen LogP contribution in [-0.4, -0.2) is 0 Å². The van der Waals surface area contributed by atoms with Crippen LogP contribution in [-0.2, 0) is 5.33 Å². The van der Waals surface area contributed by atoms with Crippen LogP contribution in [0.15, 0.2) is 42.5 Å². The Balaban J connectivity index is 2.30. The van der Waals surface area contributed by atoms with Crippen LogP contribution < -0.4 is 4.74 Å². The maximum atomic E-state index is 9.21. The van der Waals surface area contributed by atoms with Crippen molar-refractivity contribution >= 4 is 15.9 Å². The average Bonchev–Trinajstić information content (AvgIpc) is 2.48. The lowest BCUT2D eigenvalue weighted by molar-refractivity contribution is 0.480. The van der Waals surface area contributed by atoms with Crippen molar-refractivity contribution in [1.29, 1.82) is 5.26 Å². The molecule has 0 aliphatic rings. The minimum atomic E-state index is 0.449. The number of benzene rings is 2. The predicted molar refractivity (Wildman–Crippen MR) is 84.4 cm³/mol. The van der Waals surface area contributed by atoms with E-state index in [1.807, 2.05) is 36.4 Å². The lowest BCUT2D eigenvalue weighted by Crippen LogP contribution is -1.92. The topological polar surface area (TPSA) is 33.0 Å². The van der Waals surface area contributed by atoms with Crippen molar-refractivity contribution < 1.29 is 4.74 Å². The molecule has 0 bridgehead atoms. The highest BCUT2D eigenvalue weighted by atomic mass is 79.9. The molecule has 3 heteroatoms. The summed E-state index contributed by atoms with van der Waals surface area (Å²) in [4.78, 5) is 0. The fourth-order valence-electron chi connectivity index (χ4n) is 1.90. The number of rotatable bonds is 4. The van der Waals surface area contributed by atoms with Gasteiger partial charge in [-0.3, -0.25) is 0 Å².